The van der Waals surface area contributed by atoms with E-state index in [0.717, 1.165) is 6.29 Å². The van der Waals surface area contributed by atoms with Crippen molar-refractivity contribution in [3.63, 3.8) is 0 Å². The minimum Gasteiger partial charge on any atom is -0.466 e. The van der Waals surface area contributed by atoms with Crippen LogP contribution in [-0.2, 0) is 9.53 Å². The lowest BCUT2D eigenvalue weighted by Crippen LogP contribution is -2.01. The SMILES string of the molecule is CCOC(=O)CC=Cc1ncccc1C=O. The largest absolute Gasteiger partial charge is 0.466 e. The van der Waals surface area contributed by atoms with Gasteiger partial charge in [-0.1, -0.05) is 6.08 Å². The van der Waals surface area contributed by atoms with E-state index in [1.54, 1.807) is 37.4 Å². The van der Waals surface area contributed by atoms with Gasteiger partial charge in [0.2, 0.25) is 0 Å². The fourth-order valence-electron chi connectivity index (χ4n) is 1.16. The number of nitrogens with zero attached hydrogens (tertiary/aromatic N) is 1. The van der Waals surface area contributed by atoms with Crippen molar-refractivity contribution in [2.24, 2.45) is 0 Å². The third-order valence-electron chi connectivity index (χ3n) is 1.86. The summed E-state index contributed by atoms with van der Waals surface area (Å²) >= 11 is 0. The predicted molar refractivity (Wildman–Crippen MR) is 59.9 cm³/mol. The van der Waals surface area contributed by atoms with Gasteiger partial charge in [-0.3, -0.25) is 14.6 Å². The maximum Gasteiger partial charge on any atom is 0.309 e. The molecule has 0 aromatic carbocycles. The van der Waals surface area contributed by atoms with Crippen molar-refractivity contribution in [2.75, 3.05) is 6.61 Å². The molecule has 0 radical (unpaired) electrons. The monoisotopic (exact) mass is 219 g/mol. The topological polar surface area (TPSA) is 56.3 Å². The number of carbonyl (C=O) groups is 2. The molecule has 0 saturated carbocycles. The quantitative estimate of drug-likeness (QED) is 0.560. The fourth-order valence-corrected chi connectivity index (χ4v) is 1.16. The summed E-state index contributed by atoms with van der Waals surface area (Å²) in [5, 5.41) is 0. The molecule has 0 spiro atoms. The number of esters is 1. The molecule has 1 heterocycles. The molecule has 0 saturated heterocycles. The van der Waals surface area contributed by atoms with Gasteiger partial charge in [0, 0.05) is 11.8 Å². The van der Waals surface area contributed by atoms with Crippen molar-refractivity contribution in [1.82, 2.24) is 4.98 Å². The van der Waals surface area contributed by atoms with Crippen molar-refractivity contribution in [3.8, 4) is 0 Å². The predicted octanol–water partition coefficient (Wildman–Crippen LogP) is 1.86. The summed E-state index contributed by atoms with van der Waals surface area (Å²) in [4.78, 5) is 25.7. The van der Waals surface area contributed by atoms with Gasteiger partial charge in [0.15, 0.2) is 6.29 Å². The number of pyridine rings is 1. The maximum atomic E-state index is 11.0. The smallest absolute Gasteiger partial charge is 0.309 e. The van der Waals surface area contributed by atoms with Gasteiger partial charge in [-0.15, -0.1) is 0 Å². The molecule has 0 aliphatic heterocycles. The van der Waals surface area contributed by atoms with Crippen LogP contribution in [0.15, 0.2) is 24.4 Å². The van der Waals surface area contributed by atoms with Crippen LogP contribution in [0.5, 0.6) is 0 Å². The van der Waals surface area contributed by atoms with Crippen LogP contribution in [0.1, 0.15) is 29.4 Å². The Balaban J connectivity index is 2.62. The minimum absolute atomic E-state index is 0.183. The summed E-state index contributed by atoms with van der Waals surface area (Å²) in [7, 11) is 0. The van der Waals surface area contributed by atoms with Crippen LogP contribution < -0.4 is 0 Å². The number of aldehydes is 1. The molecular formula is C12H13NO3. The van der Waals surface area contributed by atoms with Gasteiger partial charge >= 0.3 is 5.97 Å². The Bertz CT molecular complexity index is 399. The summed E-state index contributed by atoms with van der Waals surface area (Å²) < 4.78 is 4.76. The van der Waals surface area contributed by atoms with Crippen molar-refractivity contribution in [1.29, 1.82) is 0 Å². The van der Waals surface area contributed by atoms with Crippen LogP contribution in [0.4, 0.5) is 0 Å². The molecule has 0 bridgehead atoms. The zero-order valence-corrected chi connectivity index (χ0v) is 9.05. The molecule has 84 valence electrons. The van der Waals surface area contributed by atoms with E-state index >= 15 is 0 Å². The molecule has 0 aliphatic carbocycles. The molecule has 1 aromatic rings. The lowest BCUT2D eigenvalue weighted by Gasteiger charge is -1.98. The van der Waals surface area contributed by atoms with Crippen molar-refractivity contribution >= 4 is 18.3 Å². The lowest BCUT2D eigenvalue weighted by molar-refractivity contribution is -0.142. The van der Waals surface area contributed by atoms with E-state index in [-0.39, 0.29) is 12.4 Å². The average molecular weight is 219 g/mol. The number of hydrogen-bond acceptors (Lipinski definition) is 4. The Morgan fingerprint density at radius 2 is 2.38 bits per heavy atom. The Morgan fingerprint density at radius 3 is 3.06 bits per heavy atom. The molecule has 0 fully saturated rings. The third kappa shape index (κ3) is 3.65. The summed E-state index contributed by atoms with van der Waals surface area (Å²) in [6.45, 7) is 2.13. The molecule has 1 aromatic heterocycles. The van der Waals surface area contributed by atoms with Crippen LogP contribution in [0.25, 0.3) is 6.08 Å². The van der Waals surface area contributed by atoms with E-state index in [0.29, 0.717) is 17.9 Å². The van der Waals surface area contributed by atoms with Crippen molar-refractivity contribution in [2.45, 2.75) is 13.3 Å². The second-order valence-corrected chi connectivity index (χ2v) is 3.01. The highest BCUT2D eigenvalue weighted by Crippen LogP contribution is 2.05. The molecule has 4 heteroatoms. The molecule has 4 nitrogen and oxygen atoms in total. The second-order valence-electron chi connectivity index (χ2n) is 3.01. The van der Waals surface area contributed by atoms with Crippen LogP contribution in [0.3, 0.4) is 0 Å². The van der Waals surface area contributed by atoms with Crippen molar-refractivity contribution < 1.29 is 14.3 Å². The van der Waals surface area contributed by atoms with Gasteiger partial charge in [0.05, 0.1) is 18.7 Å². The van der Waals surface area contributed by atoms with Gasteiger partial charge in [0.1, 0.15) is 0 Å². The minimum atomic E-state index is -0.290. The summed E-state index contributed by atoms with van der Waals surface area (Å²) in [5.74, 6) is -0.290. The summed E-state index contributed by atoms with van der Waals surface area (Å²) in [5.41, 5.74) is 1.06. The van der Waals surface area contributed by atoms with E-state index < -0.39 is 0 Å². The highest BCUT2D eigenvalue weighted by molar-refractivity contribution is 5.81. The molecule has 16 heavy (non-hydrogen) atoms. The van der Waals surface area contributed by atoms with Crippen LogP contribution in [0, 0.1) is 0 Å². The first-order chi connectivity index (χ1) is 7.77. The zero-order chi connectivity index (χ0) is 11.8. The van der Waals surface area contributed by atoms with Gasteiger partial charge in [-0.05, 0) is 25.1 Å². The first-order valence-corrected chi connectivity index (χ1v) is 5.00. The number of carbonyl (C=O) groups excluding carboxylic acids is 2. The van der Waals surface area contributed by atoms with E-state index in [2.05, 4.69) is 4.98 Å². The summed E-state index contributed by atoms with van der Waals surface area (Å²) in [6.07, 6.45) is 5.78. The lowest BCUT2D eigenvalue weighted by atomic mass is 10.2. The third-order valence-corrected chi connectivity index (χ3v) is 1.86. The molecule has 0 amide bonds. The molecule has 0 aliphatic rings. The Morgan fingerprint density at radius 1 is 1.56 bits per heavy atom. The molecule has 0 unspecified atom stereocenters. The van der Waals surface area contributed by atoms with Crippen LogP contribution >= 0.6 is 0 Å². The van der Waals surface area contributed by atoms with E-state index in [1.165, 1.54) is 0 Å². The average Bonchev–Trinajstić information content (AvgIpc) is 2.30. The Hall–Kier alpha value is -1.97. The molecular weight excluding hydrogens is 206 g/mol. The number of ether oxygens (including phenoxy) is 1. The standard InChI is InChI=1S/C12H13NO3/c1-2-16-12(15)7-3-6-11-10(9-14)5-4-8-13-11/h3-6,8-9H,2,7H2,1H3. The van der Waals surface area contributed by atoms with Crippen LogP contribution in [-0.4, -0.2) is 23.8 Å². The number of rotatable bonds is 5. The fraction of sp³-hybridized carbons (Fsp3) is 0.250. The van der Waals surface area contributed by atoms with Gasteiger partial charge < -0.3 is 4.74 Å². The number of aromatic nitrogens is 1. The first kappa shape index (κ1) is 12.1. The van der Waals surface area contributed by atoms with E-state index in [4.69, 9.17) is 4.74 Å². The van der Waals surface area contributed by atoms with Gasteiger partial charge in [-0.25, -0.2) is 0 Å². The normalized spacial score (nSPS) is 10.3. The van der Waals surface area contributed by atoms with Crippen molar-refractivity contribution in [3.05, 3.63) is 35.7 Å². The first-order valence-electron chi connectivity index (χ1n) is 5.00. The van der Waals surface area contributed by atoms with E-state index in [9.17, 15) is 9.59 Å². The second kappa shape index (κ2) is 6.50. The highest BCUT2D eigenvalue weighted by atomic mass is 16.5. The Labute approximate surface area is 94.0 Å². The van der Waals surface area contributed by atoms with Gasteiger partial charge in [0.25, 0.3) is 0 Å². The van der Waals surface area contributed by atoms with Crippen LogP contribution in [0.2, 0.25) is 0 Å². The molecule has 0 N–H and O–H groups in total. The number of hydrogen-bond donors (Lipinski definition) is 0. The maximum absolute atomic E-state index is 11.0. The zero-order valence-electron chi connectivity index (χ0n) is 9.05. The Kier molecular flexibility index (Phi) is 4.92. The molecule has 0 atom stereocenters. The highest BCUT2D eigenvalue weighted by Gasteiger charge is 1.99. The van der Waals surface area contributed by atoms with E-state index in [1.807, 2.05) is 0 Å². The van der Waals surface area contributed by atoms with Gasteiger partial charge in [-0.2, -0.15) is 0 Å². The summed E-state index contributed by atoms with van der Waals surface area (Å²) in [6, 6.07) is 3.36. The molecule has 1 rings (SSSR count).